The van der Waals surface area contributed by atoms with Crippen LogP contribution in [0.15, 0.2) is 29.6 Å². The topological polar surface area (TPSA) is 39.2 Å². The molecule has 1 aromatic heterocycles. The molecular weight excluding hydrogens is 270 g/mol. The highest BCUT2D eigenvalue weighted by atomic mass is 35.5. The molecule has 0 bridgehead atoms. The van der Waals surface area contributed by atoms with Gasteiger partial charge < -0.3 is 4.74 Å². The van der Waals surface area contributed by atoms with E-state index in [1.165, 1.54) is 11.3 Å². The van der Waals surface area contributed by atoms with Crippen LogP contribution in [0.3, 0.4) is 0 Å². The SMILES string of the molecule is CCOC(=O)Cc1csc(-c2cccc(Cl)c2)n1. The Morgan fingerprint density at radius 3 is 3.06 bits per heavy atom. The summed E-state index contributed by atoms with van der Waals surface area (Å²) >= 11 is 7.42. The molecule has 0 unspecified atom stereocenters. The molecule has 0 aliphatic carbocycles. The third kappa shape index (κ3) is 3.31. The number of nitrogens with zero attached hydrogens (tertiary/aromatic N) is 1. The zero-order valence-corrected chi connectivity index (χ0v) is 11.4. The number of rotatable bonds is 4. The molecule has 0 aliphatic rings. The summed E-state index contributed by atoms with van der Waals surface area (Å²) in [5.41, 5.74) is 1.69. The summed E-state index contributed by atoms with van der Waals surface area (Å²) in [5, 5.41) is 3.40. The Hall–Kier alpha value is -1.39. The molecule has 0 radical (unpaired) electrons. The van der Waals surface area contributed by atoms with Crippen LogP contribution in [0.1, 0.15) is 12.6 Å². The molecule has 1 aromatic carbocycles. The Balaban J connectivity index is 2.13. The fourth-order valence-corrected chi connectivity index (χ4v) is 2.51. The third-order valence-electron chi connectivity index (χ3n) is 2.25. The number of thiazole rings is 1. The van der Waals surface area contributed by atoms with Crippen LogP contribution in [0.25, 0.3) is 10.6 Å². The van der Waals surface area contributed by atoms with Gasteiger partial charge in [0.2, 0.25) is 0 Å². The number of carbonyl (C=O) groups is 1. The number of esters is 1. The van der Waals surface area contributed by atoms with E-state index < -0.39 is 0 Å². The molecule has 18 heavy (non-hydrogen) atoms. The largest absolute Gasteiger partial charge is 0.466 e. The Labute approximate surface area is 114 Å². The first-order valence-corrected chi connectivity index (χ1v) is 6.80. The first-order valence-electron chi connectivity index (χ1n) is 5.55. The average molecular weight is 282 g/mol. The molecule has 2 rings (SSSR count). The molecule has 5 heteroatoms. The Bertz CT molecular complexity index is 553. The number of hydrogen-bond donors (Lipinski definition) is 0. The quantitative estimate of drug-likeness (QED) is 0.804. The summed E-state index contributed by atoms with van der Waals surface area (Å²) in [7, 11) is 0. The normalized spacial score (nSPS) is 10.3. The van der Waals surface area contributed by atoms with E-state index >= 15 is 0 Å². The van der Waals surface area contributed by atoms with Gasteiger partial charge in [0, 0.05) is 16.0 Å². The summed E-state index contributed by atoms with van der Waals surface area (Å²) in [6.45, 7) is 2.18. The molecule has 94 valence electrons. The number of benzene rings is 1. The summed E-state index contributed by atoms with van der Waals surface area (Å²) < 4.78 is 4.88. The van der Waals surface area contributed by atoms with Gasteiger partial charge in [-0.3, -0.25) is 4.79 Å². The first kappa shape index (κ1) is 13.1. The van der Waals surface area contributed by atoms with Crippen molar-refractivity contribution in [2.75, 3.05) is 6.61 Å². The van der Waals surface area contributed by atoms with Gasteiger partial charge in [-0.1, -0.05) is 23.7 Å². The van der Waals surface area contributed by atoms with Gasteiger partial charge in [0.1, 0.15) is 5.01 Å². The minimum Gasteiger partial charge on any atom is -0.466 e. The van der Waals surface area contributed by atoms with Crippen molar-refractivity contribution >= 4 is 28.9 Å². The minimum atomic E-state index is -0.250. The number of ether oxygens (including phenoxy) is 1. The number of hydrogen-bond acceptors (Lipinski definition) is 4. The van der Waals surface area contributed by atoms with Gasteiger partial charge in [-0.25, -0.2) is 4.98 Å². The molecule has 3 nitrogen and oxygen atoms in total. The van der Waals surface area contributed by atoms with Gasteiger partial charge in [-0.15, -0.1) is 11.3 Å². The fourth-order valence-electron chi connectivity index (χ4n) is 1.50. The maximum absolute atomic E-state index is 11.3. The van der Waals surface area contributed by atoms with Crippen molar-refractivity contribution in [3.05, 3.63) is 40.4 Å². The maximum atomic E-state index is 11.3. The standard InChI is InChI=1S/C13H12ClNO2S/c1-2-17-12(16)7-11-8-18-13(15-11)9-4-3-5-10(14)6-9/h3-6,8H,2,7H2,1H3. The zero-order valence-electron chi connectivity index (χ0n) is 9.85. The van der Waals surface area contributed by atoms with Crippen LogP contribution in [0.2, 0.25) is 5.02 Å². The second kappa shape index (κ2) is 5.98. The van der Waals surface area contributed by atoms with Crippen molar-refractivity contribution in [3.8, 4) is 10.6 Å². The molecule has 0 saturated carbocycles. The van der Waals surface area contributed by atoms with Crippen molar-refractivity contribution in [1.29, 1.82) is 0 Å². The summed E-state index contributed by atoms with van der Waals surface area (Å²) in [4.78, 5) is 15.7. The lowest BCUT2D eigenvalue weighted by atomic mass is 10.2. The summed E-state index contributed by atoms with van der Waals surface area (Å²) in [6.07, 6.45) is 0.213. The van der Waals surface area contributed by atoms with Crippen LogP contribution in [0.5, 0.6) is 0 Å². The van der Waals surface area contributed by atoms with Gasteiger partial charge in [-0.2, -0.15) is 0 Å². The molecule has 2 aromatic rings. The van der Waals surface area contributed by atoms with Crippen LogP contribution < -0.4 is 0 Å². The van der Waals surface area contributed by atoms with Gasteiger partial charge in [0.15, 0.2) is 0 Å². The van der Waals surface area contributed by atoms with Crippen LogP contribution >= 0.6 is 22.9 Å². The Morgan fingerprint density at radius 1 is 1.50 bits per heavy atom. The third-order valence-corrected chi connectivity index (χ3v) is 3.43. The lowest BCUT2D eigenvalue weighted by Gasteiger charge is -1.98. The highest BCUT2D eigenvalue weighted by Crippen LogP contribution is 2.26. The monoisotopic (exact) mass is 281 g/mol. The second-order valence-corrected chi connectivity index (χ2v) is 4.93. The van der Waals surface area contributed by atoms with E-state index in [2.05, 4.69) is 4.98 Å². The van der Waals surface area contributed by atoms with Crippen molar-refractivity contribution in [3.63, 3.8) is 0 Å². The minimum absolute atomic E-state index is 0.213. The predicted molar refractivity (Wildman–Crippen MR) is 72.9 cm³/mol. The predicted octanol–water partition coefficient (Wildman–Crippen LogP) is 3.57. The van der Waals surface area contributed by atoms with Crippen LogP contribution in [-0.2, 0) is 16.0 Å². The van der Waals surface area contributed by atoms with E-state index in [4.69, 9.17) is 16.3 Å². The van der Waals surface area contributed by atoms with E-state index in [1.54, 1.807) is 6.92 Å². The van der Waals surface area contributed by atoms with Gasteiger partial charge in [0.05, 0.1) is 18.7 Å². The van der Waals surface area contributed by atoms with Gasteiger partial charge >= 0.3 is 5.97 Å². The molecule has 0 aliphatic heterocycles. The highest BCUT2D eigenvalue weighted by molar-refractivity contribution is 7.13. The van der Waals surface area contributed by atoms with Crippen molar-refractivity contribution < 1.29 is 9.53 Å². The van der Waals surface area contributed by atoms with E-state index in [1.807, 2.05) is 29.6 Å². The van der Waals surface area contributed by atoms with Crippen molar-refractivity contribution in [1.82, 2.24) is 4.98 Å². The molecule has 0 saturated heterocycles. The molecule has 0 spiro atoms. The summed E-state index contributed by atoms with van der Waals surface area (Å²) in [6, 6.07) is 7.50. The van der Waals surface area contributed by atoms with E-state index in [0.29, 0.717) is 11.6 Å². The highest BCUT2D eigenvalue weighted by Gasteiger charge is 2.09. The lowest BCUT2D eigenvalue weighted by molar-refractivity contribution is -0.142. The van der Waals surface area contributed by atoms with Crippen LogP contribution in [-0.4, -0.2) is 17.6 Å². The lowest BCUT2D eigenvalue weighted by Crippen LogP contribution is -2.07. The molecule has 0 amide bonds. The van der Waals surface area contributed by atoms with Gasteiger partial charge in [0.25, 0.3) is 0 Å². The first-order chi connectivity index (χ1) is 8.69. The van der Waals surface area contributed by atoms with Crippen LogP contribution in [0, 0.1) is 0 Å². The van der Waals surface area contributed by atoms with E-state index in [9.17, 15) is 4.79 Å². The zero-order chi connectivity index (χ0) is 13.0. The van der Waals surface area contributed by atoms with Crippen LogP contribution in [0.4, 0.5) is 0 Å². The smallest absolute Gasteiger partial charge is 0.311 e. The van der Waals surface area contributed by atoms with Crippen molar-refractivity contribution in [2.45, 2.75) is 13.3 Å². The van der Waals surface area contributed by atoms with E-state index in [-0.39, 0.29) is 12.4 Å². The van der Waals surface area contributed by atoms with E-state index in [0.717, 1.165) is 16.3 Å². The fraction of sp³-hybridized carbons (Fsp3) is 0.231. The Morgan fingerprint density at radius 2 is 2.33 bits per heavy atom. The number of halogens is 1. The molecule has 0 atom stereocenters. The molecule has 1 heterocycles. The van der Waals surface area contributed by atoms with Gasteiger partial charge in [-0.05, 0) is 19.1 Å². The second-order valence-electron chi connectivity index (χ2n) is 3.64. The number of carbonyl (C=O) groups excluding carboxylic acids is 1. The molecular formula is C13H12ClNO2S. The Kier molecular flexibility index (Phi) is 4.33. The molecule has 0 fully saturated rings. The van der Waals surface area contributed by atoms with Crippen molar-refractivity contribution in [2.24, 2.45) is 0 Å². The number of aromatic nitrogens is 1. The average Bonchev–Trinajstić information content (AvgIpc) is 2.78. The maximum Gasteiger partial charge on any atom is 0.311 e. The molecule has 0 N–H and O–H groups in total. The summed E-state index contributed by atoms with van der Waals surface area (Å²) in [5.74, 6) is -0.250.